The zero-order valence-corrected chi connectivity index (χ0v) is 24.9. The lowest BCUT2D eigenvalue weighted by molar-refractivity contribution is -0.141. The maximum atomic E-state index is 15.3. The van der Waals surface area contributed by atoms with Crippen LogP contribution >= 0.6 is 0 Å². The van der Waals surface area contributed by atoms with E-state index in [1.807, 2.05) is 50.2 Å². The lowest BCUT2D eigenvalue weighted by atomic mass is 9.90. The Hall–Kier alpha value is -3.59. The summed E-state index contributed by atoms with van der Waals surface area (Å²) in [4.78, 5) is 11.8. The van der Waals surface area contributed by atoms with Crippen molar-refractivity contribution >= 4 is 15.8 Å². The fourth-order valence-corrected chi connectivity index (χ4v) is 8.02. The van der Waals surface area contributed by atoms with Crippen molar-refractivity contribution in [3.8, 4) is 28.4 Å². The molecular formula is C33H35FO7S. The van der Waals surface area contributed by atoms with Crippen LogP contribution < -0.4 is 14.2 Å². The topological polar surface area (TPSA) is 88.1 Å². The molecule has 3 aliphatic rings. The van der Waals surface area contributed by atoms with Crippen molar-refractivity contribution in [1.82, 2.24) is 0 Å². The van der Waals surface area contributed by atoms with Crippen LogP contribution in [-0.2, 0) is 25.8 Å². The third-order valence-corrected chi connectivity index (χ3v) is 10.4. The summed E-state index contributed by atoms with van der Waals surface area (Å²) in [6, 6.07) is 12.9. The number of aryl methyl sites for hydroxylation is 2. The standard InChI is InChI=1S/C33H35FO7S/c1-19-14-24(40-22-10-12-42(36,37)13-11-22)15-20(2)32(19)26-6-8-28(34)33-27(26)7-9-29(33)41-23-4-5-25-21(16-31(35)38-3)18-39-30(25)17-23/h4-6,8,14-15,17,21-22,29H,7,9-13,16,18H2,1-3H3/t21-,29-/m1/s1. The zero-order valence-electron chi connectivity index (χ0n) is 24.1. The molecule has 3 aromatic carbocycles. The van der Waals surface area contributed by atoms with Crippen molar-refractivity contribution in [3.63, 3.8) is 0 Å². The minimum atomic E-state index is -2.95. The Morgan fingerprint density at radius 2 is 1.71 bits per heavy atom. The van der Waals surface area contributed by atoms with E-state index in [2.05, 4.69) is 0 Å². The minimum absolute atomic E-state index is 0.0595. The van der Waals surface area contributed by atoms with Crippen LogP contribution in [0, 0.1) is 19.7 Å². The fourth-order valence-electron chi connectivity index (χ4n) is 6.57. The largest absolute Gasteiger partial charge is 0.492 e. The SMILES string of the molecule is COC(=O)C[C@@H]1COc2cc(O[C@@H]3CCc4c(-c5c(C)cc(OC6CCS(=O)(=O)CC6)cc5C)ccc(F)c43)ccc21. The monoisotopic (exact) mass is 594 g/mol. The molecule has 0 saturated carbocycles. The second kappa shape index (κ2) is 11.2. The molecule has 1 aliphatic carbocycles. The van der Waals surface area contributed by atoms with Crippen LogP contribution in [0.1, 0.15) is 65.5 Å². The highest BCUT2D eigenvalue weighted by Crippen LogP contribution is 2.45. The molecule has 2 atom stereocenters. The van der Waals surface area contributed by atoms with Crippen LogP contribution in [0.15, 0.2) is 42.5 Å². The number of rotatable bonds is 7. The molecule has 42 heavy (non-hydrogen) atoms. The van der Waals surface area contributed by atoms with Gasteiger partial charge in [-0.25, -0.2) is 12.8 Å². The summed E-state index contributed by atoms with van der Waals surface area (Å²) in [5.74, 6) is 1.70. The number of sulfone groups is 1. The minimum Gasteiger partial charge on any atom is -0.492 e. The van der Waals surface area contributed by atoms with Gasteiger partial charge in [0.2, 0.25) is 0 Å². The molecule has 0 amide bonds. The molecule has 9 heteroatoms. The summed E-state index contributed by atoms with van der Waals surface area (Å²) in [5, 5.41) is 0. The summed E-state index contributed by atoms with van der Waals surface area (Å²) < 4.78 is 62.1. The van der Waals surface area contributed by atoms with Gasteiger partial charge in [-0.2, -0.15) is 0 Å². The molecule has 0 bridgehead atoms. The number of hydrogen-bond donors (Lipinski definition) is 0. The average molecular weight is 595 g/mol. The second-order valence-electron chi connectivity index (χ2n) is 11.5. The Morgan fingerprint density at radius 1 is 0.976 bits per heavy atom. The van der Waals surface area contributed by atoms with Crippen molar-refractivity contribution in [2.45, 2.75) is 64.1 Å². The van der Waals surface area contributed by atoms with Crippen LogP contribution in [0.5, 0.6) is 17.2 Å². The number of hydrogen-bond acceptors (Lipinski definition) is 7. The summed E-state index contributed by atoms with van der Waals surface area (Å²) in [6.45, 7) is 4.46. The Kier molecular flexibility index (Phi) is 7.64. The molecule has 2 heterocycles. The van der Waals surface area contributed by atoms with Gasteiger partial charge in [0.05, 0.1) is 31.6 Å². The van der Waals surface area contributed by atoms with E-state index in [9.17, 15) is 13.2 Å². The number of methoxy groups -OCH3 is 1. The van der Waals surface area contributed by atoms with Crippen molar-refractivity contribution < 1.29 is 36.6 Å². The van der Waals surface area contributed by atoms with Gasteiger partial charge in [0.15, 0.2) is 9.84 Å². The maximum Gasteiger partial charge on any atom is 0.306 e. The van der Waals surface area contributed by atoms with Crippen molar-refractivity contribution in [2.75, 3.05) is 25.2 Å². The van der Waals surface area contributed by atoms with E-state index in [4.69, 9.17) is 18.9 Å². The summed E-state index contributed by atoms with van der Waals surface area (Å²) in [6.07, 6.45) is 2.04. The molecule has 0 radical (unpaired) electrons. The van der Waals surface area contributed by atoms with Gasteiger partial charge in [-0.15, -0.1) is 0 Å². The predicted octanol–water partition coefficient (Wildman–Crippen LogP) is 6.17. The first-order valence-corrected chi connectivity index (χ1v) is 16.2. The molecule has 0 N–H and O–H groups in total. The van der Waals surface area contributed by atoms with Crippen molar-refractivity contribution in [3.05, 3.63) is 76.1 Å². The van der Waals surface area contributed by atoms with E-state index in [0.29, 0.717) is 49.4 Å². The molecule has 7 nitrogen and oxygen atoms in total. The Labute approximate surface area is 245 Å². The van der Waals surface area contributed by atoms with Crippen LogP contribution in [0.2, 0.25) is 0 Å². The van der Waals surface area contributed by atoms with E-state index in [1.54, 1.807) is 0 Å². The average Bonchev–Trinajstić information content (AvgIpc) is 3.55. The summed E-state index contributed by atoms with van der Waals surface area (Å²) >= 11 is 0. The molecule has 6 rings (SSSR count). The molecule has 1 saturated heterocycles. The zero-order chi connectivity index (χ0) is 29.6. The quantitative estimate of drug-likeness (QED) is 0.302. The van der Waals surface area contributed by atoms with Crippen molar-refractivity contribution in [1.29, 1.82) is 0 Å². The summed E-state index contributed by atoms with van der Waals surface area (Å²) in [5.41, 5.74) is 6.56. The lowest BCUT2D eigenvalue weighted by Gasteiger charge is -2.24. The number of esters is 1. The van der Waals surface area contributed by atoms with E-state index in [1.165, 1.54) is 13.2 Å². The van der Waals surface area contributed by atoms with Crippen molar-refractivity contribution in [2.24, 2.45) is 0 Å². The molecule has 1 fully saturated rings. The van der Waals surface area contributed by atoms with Crippen LogP contribution in [0.4, 0.5) is 4.39 Å². The predicted molar refractivity (Wildman–Crippen MR) is 157 cm³/mol. The molecule has 2 aliphatic heterocycles. The van der Waals surface area contributed by atoms with Gasteiger partial charge >= 0.3 is 5.97 Å². The van der Waals surface area contributed by atoms with Gasteiger partial charge in [-0.1, -0.05) is 12.1 Å². The normalized spacial score (nSPS) is 20.9. The van der Waals surface area contributed by atoms with Gasteiger partial charge in [0, 0.05) is 23.1 Å². The number of fused-ring (bicyclic) bond motifs is 2. The molecule has 0 aromatic heterocycles. The third kappa shape index (κ3) is 5.59. The number of carbonyl (C=O) groups excluding carboxylic acids is 1. The molecule has 0 unspecified atom stereocenters. The Bertz CT molecular complexity index is 1610. The highest BCUT2D eigenvalue weighted by atomic mass is 32.2. The van der Waals surface area contributed by atoms with Crippen LogP contribution in [0.3, 0.4) is 0 Å². The van der Waals surface area contributed by atoms with Gasteiger partial charge in [-0.3, -0.25) is 4.79 Å². The van der Waals surface area contributed by atoms with Gasteiger partial charge in [-0.05, 0) is 91.6 Å². The van der Waals surface area contributed by atoms with Crippen LogP contribution in [-0.4, -0.2) is 45.7 Å². The van der Waals surface area contributed by atoms with Gasteiger partial charge in [0.25, 0.3) is 0 Å². The van der Waals surface area contributed by atoms with Gasteiger partial charge in [0.1, 0.15) is 35.3 Å². The van der Waals surface area contributed by atoms with E-state index in [0.717, 1.165) is 39.1 Å². The molecule has 222 valence electrons. The lowest BCUT2D eigenvalue weighted by Crippen LogP contribution is -2.30. The number of halogens is 1. The second-order valence-corrected chi connectivity index (χ2v) is 13.8. The smallest absolute Gasteiger partial charge is 0.306 e. The Balaban J connectivity index is 1.22. The van der Waals surface area contributed by atoms with E-state index < -0.39 is 15.9 Å². The summed E-state index contributed by atoms with van der Waals surface area (Å²) in [7, 11) is -1.58. The third-order valence-electron chi connectivity index (χ3n) is 8.65. The Morgan fingerprint density at radius 3 is 2.43 bits per heavy atom. The highest BCUT2D eigenvalue weighted by Gasteiger charge is 2.33. The first kappa shape index (κ1) is 28.5. The number of carbonyl (C=O) groups is 1. The first-order chi connectivity index (χ1) is 20.1. The maximum absolute atomic E-state index is 15.3. The molecule has 0 spiro atoms. The number of benzene rings is 3. The van der Waals surface area contributed by atoms with E-state index >= 15 is 4.39 Å². The first-order valence-electron chi connectivity index (χ1n) is 14.4. The number of ether oxygens (including phenoxy) is 4. The van der Waals surface area contributed by atoms with Crippen LogP contribution in [0.25, 0.3) is 11.1 Å². The fraction of sp³-hybridized carbons (Fsp3) is 0.424. The van der Waals surface area contributed by atoms with Gasteiger partial charge < -0.3 is 18.9 Å². The molecule has 3 aromatic rings. The van der Waals surface area contributed by atoms with E-state index in [-0.39, 0.29) is 41.7 Å². The highest BCUT2D eigenvalue weighted by molar-refractivity contribution is 7.91. The molecular weight excluding hydrogens is 559 g/mol.